The molecule has 8 nitrogen and oxygen atoms in total. The van der Waals surface area contributed by atoms with Crippen LogP contribution in [-0.4, -0.2) is 62.8 Å². The molecule has 4 unspecified atom stereocenters. The number of phenolic OH excluding ortho intramolecular Hbond substituents is 1. The van der Waals surface area contributed by atoms with Gasteiger partial charge in [0.1, 0.15) is 29.9 Å². The molecule has 2 aliphatic heterocycles. The molecule has 4 atom stereocenters. The zero-order valence-electron chi connectivity index (χ0n) is 17.6. The Morgan fingerprint density at radius 2 is 1.79 bits per heavy atom. The number of aromatic nitrogens is 3. The number of nitrogens with one attached hydrogen (secondary N) is 1. The molecule has 2 aliphatic rings. The molecule has 2 fully saturated rings. The van der Waals surface area contributed by atoms with Crippen LogP contribution in [0.3, 0.4) is 0 Å². The van der Waals surface area contributed by atoms with Gasteiger partial charge in [-0.2, -0.15) is 4.98 Å². The Bertz CT molecular complexity index is 1360. The summed E-state index contributed by atoms with van der Waals surface area (Å²) in [6.45, 7) is 0.498. The highest BCUT2D eigenvalue weighted by Gasteiger charge is 2.48. The van der Waals surface area contributed by atoms with Crippen molar-refractivity contribution in [3.8, 4) is 34.1 Å². The molecule has 4 aromatic rings. The predicted octanol–water partition coefficient (Wildman–Crippen LogP) is 3.70. The summed E-state index contributed by atoms with van der Waals surface area (Å²) in [6, 6.07) is 13.0. The van der Waals surface area contributed by atoms with Crippen molar-refractivity contribution in [1.82, 2.24) is 15.0 Å². The van der Waals surface area contributed by atoms with Crippen molar-refractivity contribution in [2.75, 3.05) is 13.2 Å². The van der Waals surface area contributed by atoms with E-state index in [0.717, 1.165) is 0 Å². The number of fused-ring (bicyclic) bond motifs is 2. The minimum Gasteiger partial charge on any atom is -0.507 e. The third-order valence-corrected chi connectivity index (χ3v) is 6.38. The Labute approximate surface area is 197 Å². The zero-order valence-corrected chi connectivity index (χ0v) is 18.4. The van der Waals surface area contributed by atoms with Crippen molar-refractivity contribution in [2.24, 2.45) is 0 Å². The Kier molecular flexibility index (Phi) is 5.14. The minimum absolute atomic E-state index is 0.133. The number of benzene rings is 2. The Morgan fingerprint density at radius 1 is 1.03 bits per heavy atom. The molecule has 0 aliphatic carbocycles. The summed E-state index contributed by atoms with van der Waals surface area (Å²) in [5, 5.41) is 20.3. The van der Waals surface area contributed by atoms with E-state index < -0.39 is 24.1 Å². The first-order valence-electron chi connectivity index (χ1n) is 10.7. The van der Waals surface area contributed by atoms with Gasteiger partial charge in [-0.3, -0.25) is 0 Å². The fourth-order valence-corrected chi connectivity index (χ4v) is 4.70. The van der Waals surface area contributed by atoms with E-state index in [9.17, 15) is 14.6 Å². The van der Waals surface area contributed by atoms with Crippen LogP contribution >= 0.6 is 11.6 Å². The van der Waals surface area contributed by atoms with Gasteiger partial charge in [0.25, 0.3) is 6.01 Å². The standard InChI is InChI=1S/C24H19ClFN3O5/c25-13-8-15-23(29-24(27-15)34-18-10-33-21-17(31)9-32-22(18)21)28-20(13)12-6-4-11(5-7-12)19-14(26)2-1-3-16(19)30/h1-8,17-18,21-22,30-31H,9-10H2,(H,27,28,29). The van der Waals surface area contributed by atoms with Gasteiger partial charge < -0.3 is 29.4 Å². The van der Waals surface area contributed by atoms with Gasteiger partial charge in [-0.1, -0.05) is 41.9 Å². The highest BCUT2D eigenvalue weighted by Crippen LogP contribution is 2.35. The van der Waals surface area contributed by atoms with Gasteiger partial charge in [0.05, 0.1) is 35.0 Å². The molecule has 10 heteroatoms. The Morgan fingerprint density at radius 3 is 2.59 bits per heavy atom. The second-order valence-electron chi connectivity index (χ2n) is 8.26. The van der Waals surface area contributed by atoms with Crippen LogP contribution < -0.4 is 4.74 Å². The molecule has 0 spiro atoms. The molecule has 34 heavy (non-hydrogen) atoms. The monoisotopic (exact) mass is 483 g/mol. The average Bonchev–Trinajstić information content (AvgIpc) is 3.50. The third-order valence-electron chi connectivity index (χ3n) is 6.09. The van der Waals surface area contributed by atoms with Crippen LogP contribution in [0.1, 0.15) is 0 Å². The van der Waals surface area contributed by atoms with Gasteiger partial charge in [0, 0.05) is 5.56 Å². The van der Waals surface area contributed by atoms with Crippen molar-refractivity contribution in [3.63, 3.8) is 0 Å². The van der Waals surface area contributed by atoms with Crippen LogP contribution in [0.2, 0.25) is 5.02 Å². The summed E-state index contributed by atoms with van der Waals surface area (Å²) in [5.41, 5.74) is 2.88. The van der Waals surface area contributed by atoms with E-state index in [1.165, 1.54) is 18.2 Å². The number of aromatic hydroxyl groups is 1. The van der Waals surface area contributed by atoms with Gasteiger partial charge in [-0.25, -0.2) is 9.37 Å². The number of hydrogen-bond acceptors (Lipinski definition) is 7. The van der Waals surface area contributed by atoms with Crippen LogP contribution in [0.15, 0.2) is 48.5 Å². The number of phenols is 1. The molecule has 0 amide bonds. The van der Waals surface area contributed by atoms with E-state index >= 15 is 0 Å². The molecule has 0 radical (unpaired) electrons. The molecule has 2 aromatic carbocycles. The molecule has 3 N–H and O–H groups in total. The van der Waals surface area contributed by atoms with Crippen molar-refractivity contribution >= 4 is 22.8 Å². The van der Waals surface area contributed by atoms with E-state index in [0.29, 0.717) is 33.0 Å². The fourth-order valence-electron chi connectivity index (χ4n) is 4.44. The summed E-state index contributed by atoms with van der Waals surface area (Å²) in [5.74, 6) is -0.642. The lowest BCUT2D eigenvalue weighted by molar-refractivity contribution is 0.00706. The van der Waals surface area contributed by atoms with Crippen molar-refractivity contribution < 1.29 is 28.8 Å². The Balaban J connectivity index is 1.27. The first-order valence-corrected chi connectivity index (χ1v) is 11.1. The summed E-state index contributed by atoms with van der Waals surface area (Å²) >= 11 is 6.49. The number of hydrogen-bond donors (Lipinski definition) is 3. The average molecular weight is 484 g/mol. The van der Waals surface area contributed by atoms with Gasteiger partial charge in [0.2, 0.25) is 0 Å². The van der Waals surface area contributed by atoms with Crippen LogP contribution in [0.4, 0.5) is 4.39 Å². The zero-order chi connectivity index (χ0) is 23.4. The maximum atomic E-state index is 14.2. The molecular formula is C24H19ClFN3O5. The quantitative estimate of drug-likeness (QED) is 0.406. The highest BCUT2D eigenvalue weighted by molar-refractivity contribution is 6.33. The largest absolute Gasteiger partial charge is 0.507 e. The van der Waals surface area contributed by atoms with Crippen LogP contribution in [0.25, 0.3) is 33.5 Å². The van der Waals surface area contributed by atoms with Crippen LogP contribution in [0, 0.1) is 5.82 Å². The van der Waals surface area contributed by atoms with Gasteiger partial charge >= 0.3 is 0 Å². The number of aliphatic hydroxyl groups is 1. The molecule has 4 heterocycles. The topological polar surface area (TPSA) is 110 Å². The lowest BCUT2D eigenvalue weighted by Crippen LogP contribution is -2.34. The third kappa shape index (κ3) is 3.57. The second-order valence-corrected chi connectivity index (χ2v) is 8.67. The number of nitrogens with zero attached hydrogens (tertiary/aromatic N) is 2. The van der Waals surface area contributed by atoms with Crippen LogP contribution in [0.5, 0.6) is 11.8 Å². The fraction of sp³-hybridized carbons (Fsp3) is 0.250. The van der Waals surface area contributed by atoms with Gasteiger partial charge in [0.15, 0.2) is 11.8 Å². The van der Waals surface area contributed by atoms with Crippen LogP contribution in [-0.2, 0) is 9.47 Å². The number of aliphatic hydroxyl groups excluding tert-OH is 1. The lowest BCUT2D eigenvalue weighted by atomic mass is 10.0. The number of ether oxygens (including phenoxy) is 3. The Hall–Kier alpha value is -3.24. The smallest absolute Gasteiger partial charge is 0.296 e. The molecule has 2 aromatic heterocycles. The van der Waals surface area contributed by atoms with Crippen molar-refractivity contribution in [2.45, 2.75) is 24.4 Å². The van der Waals surface area contributed by atoms with E-state index in [4.69, 9.17) is 25.8 Å². The summed E-state index contributed by atoms with van der Waals surface area (Å²) in [6.07, 6.45) is -1.82. The highest BCUT2D eigenvalue weighted by atomic mass is 35.5. The molecule has 0 bridgehead atoms. The van der Waals surface area contributed by atoms with E-state index in [-0.39, 0.29) is 36.6 Å². The van der Waals surface area contributed by atoms with E-state index in [1.54, 1.807) is 30.3 Å². The summed E-state index contributed by atoms with van der Waals surface area (Å²) < 4.78 is 31.3. The molecule has 0 saturated carbocycles. The molecule has 174 valence electrons. The summed E-state index contributed by atoms with van der Waals surface area (Å²) in [4.78, 5) is 12.1. The lowest BCUT2D eigenvalue weighted by Gasteiger charge is -2.15. The second kappa shape index (κ2) is 8.21. The first-order chi connectivity index (χ1) is 16.5. The maximum absolute atomic E-state index is 14.2. The van der Waals surface area contributed by atoms with Crippen molar-refractivity contribution in [1.29, 1.82) is 0 Å². The molecule has 2 saturated heterocycles. The maximum Gasteiger partial charge on any atom is 0.296 e. The molecular weight excluding hydrogens is 465 g/mol. The first kappa shape index (κ1) is 21.3. The van der Waals surface area contributed by atoms with Gasteiger partial charge in [-0.05, 0) is 23.8 Å². The number of aromatic amines is 1. The van der Waals surface area contributed by atoms with Gasteiger partial charge in [-0.15, -0.1) is 0 Å². The number of imidazole rings is 1. The minimum atomic E-state index is -0.661. The van der Waals surface area contributed by atoms with E-state index in [1.807, 2.05) is 0 Å². The molecule has 6 rings (SSSR count). The SMILES string of the molecule is Oc1cccc(F)c1-c1ccc(-c2nc3nc(OC4COC5C(O)COC45)[nH]c3cc2Cl)cc1. The number of halogens is 2. The summed E-state index contributed by atoms with van der Waals surface area (Å²) in [7, 11) is 0. The predicted molar refractivity (Wildman–Crippen MR) is 121 cm³/mol. The van der Waals surface area contributed by atoms with Crippen molar-refractivity contribution in [3.05, 3.63) is 59.4 Å². The normalized spacial score (nSPS) is 24.0. The van der Waals surface area contributed by atoms with E-state index in [2.05, 4.69) is 15.0 Å². The number of pyridine rings is 1. The number of H-pyrrole nitrogens is 1. The number of rotatable bonds is 4.